The fourth-order valence-corrected chi connectivity index (χ4v) is 2.15. The first-order valence-electron chi connectivity index (χ1n) is 4.44. The van der Waals surface area contributed by atoms with Crippen molar-refractivity contribution in [3.05, 3.63) is 0 Å². The van der Waals surface area contributed by atoms with Crippen LogP contribution in [-0.4, -0.2) is 71.9 Å². The molecule has 1 heterocycles. The molecule has 96 valence electrons. The first-order chi connectivity index (χ1) is 7.26. The van der Waals surface area contributed by atoms with Gasteiger partial charge in [-0.05, 0) is 0 Å². The van der Waals surface area contributed by atoms with Crippen LogP contribution in [0.4, 0.5) is 0 Å². The molecule has 5 atom stereocenters. The molecular formula is C7H14O8S. The highest BCUT2D eigenvalue weighted by molar-refractivity contribution is 7.85. The zero-order valence-electron chi connectivity index (χ0n) is 8.42. The van der Waals surface area contributed by atoms with Gasteiger partial charge in [-0.1, -0.05) is 0 Å². The molecule has 0 aliphatic carbocycles. The van der Waals surface area contributed by atoms with Crippen LogP contribution < -0.4 is 0 Å². The van der Waals surface area contributed by atoms with Crippen molar-refractivity contribution in [1.82, 2.24) is 0 Å². The molecule has 1 aliphatic heterocycles. The summed E-state index contributed by atoms with van der Waals surface area (Å²) in [6, 6.07) is 0. The van der Waals surface area contributed by atoms with Crippen molar-refractivity contribution in [2.24, 2.45) is 0 Å². The Kier molecular flexibility index (Phi) is 4.23. The molecule has 0 aromatic heterocycles. The van der Waals surface area contributed by atoms with Gasteiger partial charge in [0.25, 0.3) is 10.1 Å². The SMILES string of the molecule is CO[C@@H]1O[C@@H](CS(=O)(=O)O)[C@@H](O)[C@@H](O)[C@H]1O. The van der Waals surface area contributed by atoms with Crippen LogP contribution in [-0.2, 0) is 19.6 Å². The van der Waals surface area contributed by atoms with Gasteiger partial charge in [-0.2, -0.15) is 8.42 Å². The van der Waals surface area contributed by atoms with E-state index in [2.05, 4.69) is 4.74 Å². The maximum absolute atomic E-state index is 10.6. The number of methoxy groups -OCH3 is 1. The van der Waals surface area contributed by atoms with Gasteiger partial charge in [0, 0.05) is 7.11 Å². The first kappa shape index (κ1) is 13.8. The van der Waals surface area contributed by atoms with Gasteiger partial charge in [0.2, 0.25) is 0 Å². The quantitative estimate of drug-likeness (QED) is 0.403. The number of aliphatic hydroxyl groups is 3. The van der Waals surface area contributed by atoms with E-state index >= 15 is 0 Å². The molecule has 0 unspecified atom stereocenters. The summed E-state index contributed by atoms with van der Waals surface area (Å²) in [7, 11) is -3.18. The average molecular weight is 258 g/mol. The summed E-state index contributed by atoms with van der Waals surface area (Å²) in [6.07, 6.45) is -7.34. The minimum atomic E-state index is -4.36. The molecule has 1 rings (SSSR count). The zero-order valence-corrected chi connectivity index (χ0v) is 9.24. The third-order valence-corrected chi connectivity index (χ3v) is 3.03. The molecule has 0 saturated carbocycles. The van der Waals surface area contributed by atoms with Crippen LogP contribution in [0.2, 0.25) is 0 Å². The normalized spacial score (nSPS) is 40.9. The Balaban J connectivity index is 2.79. The van der Waals surface area contributed by atoms with E-state index in [-0.39, 0.29) is 0 Å². The molecule has 1 saturated heterocycles. The highest BCUT2D eigenvalue weighted by Gasteiger charge is 2.45. The third kappa shape index (κ3) is 3.10. The smallest absolute Gasteiger partial charge is 0.267 e. The highest BCUT2D eigenvalue weighted by Crippen LogP contribution is 2.22. The van der Waals surface area contributed by atoms with Crippen molar-refractivity contribution in [3.8, 4) is 0 Å². The molecule has 8 nitrogen and oxygen atoms in total. The fraction of sp³-hybridized carbons (Fsp3) is 1.00. The minimum absolute atomic E-state index is 0.891. The summed E-state index contributed by atoms with van der Waals surface area (Å²) in [4.78, 5) is 0. The molecule has 1 aliphatic rings. The lowest BCUT2D eigenvalue weighted by molar-refractivity contribution is -0.285. The van der Waals surface area contributed by atoms with Gasteiger partial charge >= 0.3 is 0 Å². The highest BCUT2D eigenvalue weighted by atomic mass is 32.2. The van der Waals surface area contributed by atoms with Crippen LogP contribution in [0.5, 0.6) is 0 Å². The Morgan fingerprint density at radius 2 is 1.75 bits per heavy atom. The van der Waals surface area contributed by atoms with Crippen LogP contribution >= 0.6 is 0 Å². The van der Waals surface area contributed by atoms with Gasteiger partial charge in [0.05, 0.1) is 0 Å². The standard InChI is InChI=1S/C7H14O8S/c1-14-7-6(10)5(9)4(8)3(15-7)2-16(11,12)13/h3-10H,2H2,1H3,(H,11,12,13)/t3-,4+,5+,6+,7+/m0/s1. The zero-order chi connectivity index (χ0) is 12.5. The number of hydrogen-bond acceptors (Lipinski definition) is 7. The Labute approximate surface area is 92.2 Å². The second kappa shape index (κ2) is 4.92. The van der Waals surface area contributed by atoms with Crippen molar-refractivity contribution < 1.29 is 37.8 Å². The minimum Gasteiger partial charge on any atom is -0.388 e. The lowest BCUT2D eigenvalue weighted by Gasteiger charge is -2.39. The van der Waals surface area contributed by atoms with E-state index in [1.165, 1.54) is 7.11 Å². The van der Waals surface area contributed by atoms with Crippen molar-refractivity contribution >= 4 is 10.1 Å². The second-order valence-electron chi connectivity index (χ2n) is 3.50. The topological polar surface area (TPSA) is 134 Å². The van der Waals surface area contributed by atoms with Crippen molar-refractivity contribution in [1.29, 1.82) is 0 Å². The van der Waals surface area contributed by atoms with E-state index in [4.69, 9.17) is 9.29 Å². The maximum Gasteiger partial charge on any atom is 0.267 e. The van der Waals surface area contributed by atoms with Crippen LogP contribution in [0.25, 0.3) is 0 Å². The largest absolute Gasteiger partial charge is 0.388 e. The molecular weight excluding hydrogens is 244 g/mol. The van der Waals surface area contributed by atoms with E-state index in [9.17, 15) is 23.7 Å². The van der Waals surface area contributed by atoms with Crippen LogP contribution in [0, 0.1) is 0 Å². The summed E-state index contributed by atoms with van der Waals surface area (Å²) in [5.74, 6) is -0.891. The van der Waals surface area contributed by atoms with E-state index in [1.807, 2.05) is 0 Å². The van der Waals surface area contributed by atoms with Crippen molar-refractivity contribution in [2.45, 2.75) is 30.7 Å². The van der Waals surface area contributed by atoms with Crippen LogP contribution in [0.3, 0.4) is 0 Å². The Hall–Kier alpha value is -0.290. The van der Waals surface area contributed by atoms with Crippen LogP contribution in [0.1, 0.15) is 0 Å². The third-order valence-electron chi connectivity index (χ3n) is 2.28. The summed E-state index contributed by atoms with van der Waals surface area (Å²) in [6.45, 7) is 0. The van der Waals surface area contributed by atoms with Gasteiger partial charge in [-0.25, -0.2) is 0 Å². The molecule has 0 spiro atoms. The number of ether oxygens (including phenoxy) is 2. The molecule has 9 heteroatoms. The van der Waals surface area contributed by atoms with E-state index < -0.39 is 46.6 Å². The van der Waals surface area contributed by atoms with Crippen molar-refractivity contribution in [3.63, 3.8) is 0 Å². The number of hydrogen-bond donors (Lipinski definition) is 4. The van der Waals surface area contributed by atoms with Crippen molar-refractivity contribution in [2.75, 3.05) is 12.9 Å². The summed E-state index contributed by atoms with van der Waals surface area (Å²) >= 11 is 0. The van der Waals surface area contributed by atoms with E-state index in [1.54, 1.807) is 0 Å². The fourth-order valence-electron chi connectivity index (χ4n) is 1.46. The summed E-state index contributed by atoms with van der Waals surface area (Å²) < 4.78 is 39.3. The molecule has 0 aromatic rings. The predicted molar refractivity (Wildman–Crippen MR) is 50.1 cm³/mol. The van der Waals surface area contributed by atoms with Gasteiger partial charge in [0.15, 0.2) is 6.29 Å². The molecule has 0 aromatic carbocycles. The molecule has 0 bridgehead atoms. The summed E-state index contributed by atoms with van der Waals surface area (Å²) in [5, 5.41) is 28.1. The van der Waals surface area contributed by atoms with E-state index in [0.717, 1.165) is 0 Å². The molecule has 1 fully saturated rings. The van der Waals surface area contributed by atoms with E-state index in [0.29, 0.717) is 0 Å². The van der Waals surface area contributed by atoms with Gasteiger partial charge in [0.1, 0.15) is 30.2 Å². The Morgan fingerprint density at radius 1 is 1.19 bits per heavy atom. The lowest BCUT2D eigenvalue weighted by Crippen LogP contribution is -2.59. The van der Waals surface area contributed by atoms with Gasteiger partial charge < -0.3 is 24.8 Å². The molecule has 16 heavy (non-hydrogen) atoms. The Bertz CT molecular complexity index is 325. The molecule has 0 radical (unpaired) electrons. The monoisotopic (exact) mass is 258 g/mol. The number of rotatable bonds is 3. The van der Waals surface area contributed by atoms with Gasteiger partial charge in [-0.3, -0.25) is 4.55 Å². The van der Waals surface area contributed by atoms with Gasteiger partial charge in [-0.15, -0.1) is 0 Å². The number of aliphatic hydroxyl groups excluding tert-OH is 3. The average Bonchev–Trinajstić information content (AvgIpc) is 2.17. The Morgan fingerprint density at radius 3 is 2.19 bits per heavy atom. The van der Waals surface area contributed by atoms with Crippen LogP contribution in [0.15, 0.2) is 0 Å². The lowest BCUT2D eigenvalue weighted by atomic mass is 10.00. The maximum atomic E-state index is 10.6. The molecule has 4 N–H and O–H groups in total. The first-order valence-corrected chi connectivity index (χ1v) is 6.05. The summed E-state index contributed by atoms with van der Waals surface area (Å²) in [5.41, 5.74) is 0. The molecule has 0 amide bonds. The predicted octanol–water partition coefficient (Wildman–Crippen LogP) is -2.67. The second-order valence-corrected chi connectivity index (χ2v) is 5.00.